The molecular formula is C14H19F3N2O2. The normalized spacial score (nSPS) is 12.1. The van der Waals surface area contributed by atoms with E-state index in [0.29, 0.717) is 25.2 Å². The zero-order chi connectivity index (χ0) is 16.0. The fourth-order valence-electron chi connectivity index (χ4n) is 1.80. The van der Waals surface area contributed by atoms with E-state index in [1.54, 1.807) is 4.90 Å². The molecule has 1 aromatic carbocycles. The molecule has 118 valence electrons. The number of hydrogen-bond acceptors (Lipinski definition) is 3. The van der Waals surface area contributed by atoms with E-state index in [4.69, 9.17) is 5.11 Å². The van der Waals surface area contributed by atoms with Crippen molar-refractivity contribution in [2.24, 2.45) is 0 Å². The number of halogens is 3. The lowest BCUT2D eigenvalue weighted by atomic mass is 10.1. The van der Waals surface area contributed by atoms with E-state index in [1.165, 1.54) is 12.1 Å². The van der Waals surface area contributed by atoms with Crippen molar-refractivity contribution < 1.29 is 23.1 Å². The first-order valence-corrected chi connectivity index (χ1v) is 6.43. The maximum atomic E-state index is 12.5. The lowest BCUT2D eigenvalue weighted by Gasteiger charge is -2.22. The molecule has 0 spiro atoms. The molecule has 0 atom stereocenters. The van der Waals surface area contributed by atoms with Crippen molar-refractivity contribution in [1.82, 2.24) is 9.80 Å². The number of rotatable bonds is 7. The van der Waals surface area contributed by atoms with Gasteiger partial charge in [0.1, 0.15) is 0 Å². The Morgan fingerprint density at radius 3 is 2.14 bits per heavy atom. The number of benzene rings is 1. The Morgan fingerprint density at radius 2 is 1.71 bits per heavy atom. The van der Waals surface area contributed by atoms with E-state index in [9.17, 15) is 18.0 Å². The third-order valence-corrected chi connectivity index (χ3v) is 2.91. The van der Waals surface area contributed by atoms with Gasteiger partial charge in [0.15, 0.2) is 0 Å². The number of nitrogens with zero attached hydrogens (tertiary/aromatic N) is 2. The van der Waals surface area contributed by atoms with Gasteiger partial charge >= 0.3 is 12.1 Å². The monoisotopic (exact) mass is 304 g/mol. The van der Waals surface area contributed by atoms with Crippen LogP contribution in [0.3, 0.4) is 0 Å². The van der Waals surface area contributed by atoms with Gasteiger partial charge in [0, 0.05) is 19.6 Å². The fraction of sp³-hybridized carbons (Fsp3) is 0.500. The van der Waals surface area contributed by atoms with Crippen LogP contribution in [0.2, 0.25) is 0 Å². The SMILES string of the molecule is CN(C)CCN(CC(=O)O)Cc1ccc(C(F)(F)F)cc1. The van der Waals surface area contributed by atoms with Gasteiger partial charge in [-0.15, -0.1) is 0 Å². The molecule has 1 rings (SSSR count). The van der Waals surface area contributed by atoms with Crippen molar-refractivity contribution in [3.05, 3.63) is 35.4 Å². The first kappa shape index (κ1) is 17.5. The van der Waals surface area contributed by atoms with Crippen LogP contribution in [0.15, 0.2) is 24.3 Å². The Morgan fingerprint density at radius 1 is 1.14 bits per heavy atom. The van der Waals surface area contributed by atoms with Gasteiger partial charge in [-0.05, 0) is 31.8 Å². The average Bonchev–Trinajstić information content (AvgIpc) is 2.35. The Balaban J connectivity index is 2.71. The molecule has 0 aliphatic heterocycles. The van der Waals surface area contributed by atoms with E-state index in [1.807, 2.05) is 19.0 Å². The van der Waals surface area contributed by atoms with Crippen LogP contribution in [0, 0.1) is 0 Å². The number of alkyl halides is 3. The summed E-state index contributed by atoms with van der Waals surface area (Å²) in [5, 5.41) is 8.87. The molecule has 4 nitrogen and oxygen atoms in total. The number of aliphatic carboxylic acids is 1. The first-order chi connectivity index (χ1) is 9.68. The molecule has 0 aromatic heterocycles. The second-order valence-electron chi connectivity index (χ2n) is 5.10. The maximum absolute atomic E-state index is 12.5. The van der Waals surface area contributed by atoms with Crippen LogP contribution in [-0.2, 0) is 17.5 Å². The zero-order valence-corrected chi connectivity index (χ0v) is 12.0. The number of hydrogen-bond donors (Lipinski definition) is 1. The minimum absolute atomic E-state index is 0.144. The Bertz CT molecular complexity index is 458. The van der Waals surface area contributed by atoms with Crippen molar-refractivity contribution in [1.29, 1.82) is 0 Å². The molecule has 1 N–H and O–H groups in total. The molecule has 0 saturated heterocycles. The van der Waals surface area contributed by atoms with Gasteiger partial charge < -0.3 is 10.0 Å². The van der Waals surface area contributed by atoms with E-state index >= 15 is 0 Å². The Kier molecular flexibility index (Phi) is 6.17. The minimum atomic E-state index is -4.36. The minimum Gasteiger partial charge on any atom is -0.480 e. The van der Waals surface area contributed by atoms with Crippen molar-refractivity contribution >= 4 is 5.97 Å². The van der Waals surface area contributed by atoms with E-state index in [2.05, 4.69) is 0 Å². The standard InChI is InChI=1S/C14H19F3N2O2/c1-18(2)7-8-19(10-13(20)21)9-11-3-5-12(6-4-11)14(15,16)17/h3-6H,7-10H2,1-2H3,(H,20,21). The highest BCUT2D eigenvalue weighted by molar-refractivity contribution is 5.69. The van der Waals surface area contributed by atoms with E-state index in [0.717, 1.165) is 12.1 Å². The highest BCUT2D eigenvalue weighted by Gasteiger charge is 2.29. The third kappa shape index (κ3) is 6.59. The molecule has 0 radical (unpaired) electrons. The van der Waals surface area contributed by atoms with Gasteiger partial charge in [-0.1, -0.05) is 12.1 Å². The van der Waals surface area contributed by atoms with Crippen molar-refractivity contribution in [3.63, 3.8) is 0 Å². The van der Waals surface area contributed by atoms with Crippen molar-refractivity contribution in [2.75, 3.05) is 33.7 Å². The summed E-state index contributed by atoms with van der Waals surface area (Å²) in [4.78, 5) is 14.4. The molecule has 0 aliphatic rings. The molecule has 7 heteroatoms. The fourth-order valence-corrected chi connectivity index (χ4v) is 1.80. The third-order valence-electron chi connectivity index (χ3n) is 2.91. The number of likely N-dealkylation sites (N-methyl/N-ethyl adjacent to an activating group) is 1. The summed E-state index contributed by atoms with van der Waals surface area (Å²) in [6.07, 6.45) is -4.36. The van der Waals surface area contributed by atoms with Crippen LogP contribution >= 0.6 is 0 Å². The van der Waals surface area contributed by atoms with Crippen LogP contribution in [0.25, 0.3) is 0 Å². The van der Waals surface area contributed by atoms with E-state index in [-0.39, 0.29) is 6.54 Å². The molecule has 0 aliphatic carbocycles. The highest BCUT2D eigenvalue weighted by atomic mass is 19.4. The molecule has 21 heavy (non-hydrogen) atoms. The van der Waals surface area contributed by atoms with Gasteiger partial charge in [-0.2, -0.15) is 13.2 Å². The van der Waals surface area contributed by atoms with Crippen LogP contribution in [0.5, 0.6) is 0 Å². The lowest BCUT2D eigenvalue weighted by molar-refractivity contribution is -0.138. The predicted octanol–water partition coefficient (Wildman–Crippen LogP) is 2.15. The molecular weight excluding hydrogens is 285 g/mol. The van der Waals surface area contributed by atoms with Crippen LogP contribution < -0.4 is 0 Å². The zero-order valence-electron chi connectivity index (χ0n) is 12.0. The molecule has 0 saturated carbocycles. The number of carboxylic acid groups (broad SMARTS) is 1. The largest absolute Gasteiger partial charge is 0.480 e. The average molecular weight is 304 g/mol. The van der Waals surface area contributed by atoms with Crippen LogP contribution in [0.4, 0.5) is 13.2 Å². The van der Waals surface area contributed by atoms with Crippen molar-refractivity contribution in [3.8, 4) is 0 Å². The summed E-state index contributed by atoms with van der Waals surface area (Å²) in [5.41, 5.74) is -0.0488. The van der Waals surface area contributed by atoms with Gasteiger partial charge in [0.25, 0.3) is 0 Å². The highest BCUT2D eigenvalue weighted by Crippen LogP contribution is 2.29. The lowest BCUT2D eigenvalue weighted by Crippen LogP contribution is -2.35. The number of carbonyl (C=O) groups is 1. The van der Waals surface area contributed by atoms with Gasteiger partial charge in [0.2, 0.25) is 0 Å². The van der Waals surface area contributed by atoms with Gasteiger partial charge in [-0.3, -0.25) is 9.69 Å². The smallest absolute Gasteiger partial charge is 0.416 e. The van der Waals surface area contributed by atoms with Gasteiger partial charge in [0.05, 0.1) is 12.1 Å². The van der Waals surface area contributed by atoms with Crippen LogP contribution in [0.1, 0.15) is 11.1 Å². The molecule has 0 unspecified atom stereocenters. The topological polar surface area (TPSA) is 43.8 Å². The van der Waals surface area contributed by atoms with Crippen LogP contribution in [-0.4, -0.2) is 54.6 Å². The summed E-state index contributed by atoms with van der Waals surface area (Å²) in [5.74, 6) is -0.958. The van der Waals surface area contributed by atoms with Gasteiger partial charge in [-0.25, -0.2) is 0 Å². The first-order valence-electron chi connectivity index (χ1n) is 6.43. The molecule has 0 bridgehead atoms. The van der Waals surface area contributed by atoms with E-state index < -0.39 is 17.7 Å². The number of carboxylic acids is 1. The maximum Gasteiger partial charge on any atom is 0.416 e. The summed E-state index contributed by atoms with van der Waals surface area (Å²) < 4.78 is 37.4. The predicted molar refractivity (Wildman–Crippen MR) is 72.9 cm³/mol. The summed E-state index contributed by atoms with van der Waals surface area (Å²) in [6.45, 7) is 1.36. The van der Waals surface area contributed by atoms with Crippen molar-refractivity contribution in [2.45, 2.75) is 12.7 Å². The second kappa shape index (κ2) is 7.42. The summed E-state index contributed by atoms with van der Waals surface area (Å²) in [7, 11) is 3.74. The Hall–Kier alpha value is -1.60. The quantitative estimate of drug-likeness (QED) is 0.838. The summed E-state index contributed by atoms with van der Waals surface area (Å²) >= 11 is 0. The molecule has 0 heterocycles. The second-order valence-corrected chi connectivity index (χ2v) is 5.10. The Labute approximate surface area is 121 Å². The molecule has 1 aromatic rings. The molecule has 0 fully saturated rings. The molecule has 0 amide bonds. The summed E-state index contributed by atoms with van der Waals surface area (Å²) in [6, 6.07) is 4.79.